The molecule has 0 spiro atoms. The van der Waals surface area contributed by atoms with Crippen LogP contribution >= 0.6 is 0 Å². The third-order valence-electron chi connectivity index (χ3n) is 2.86. The molecule has 1 aromatic rings. The summed E-state index contributed by atoms with van der Waals surface area (Å²) in [6.45, 7) is 2.18. The van der Waals surface area contributed by atoms with Gasteiger partial charge in [0.05, 0.1) is 12.8 Å². The van der Waals surface area contributed by atoms with E-state index in [0.717, 1.165) is 11.7 Å². The van der Waals surface area contributed by atoms with E-state index >= 15 is 0 Å². The van der Waals surface area contributed by atoms with Crippen LogP contribution in [0.5, 0.6) is 5.88 Å². The topological polar surface area (TPSA) is 60.2 Å². The second-order valence-electron chi connectivity index (χ2n) is 4.52. The molecule has 1 aliphatic carbocycles. The molecular formula is C12H19N3O. The first-order chi connectivity index (χ1) is 7.69. The number of rotatable bonds is 5. The Balaban J connectivity index is 1.97. The molecule has 3 N–H and O–H groups in total. The van der Waals surface area contributed by atoms with Crippen LogP contribution in [-0.4, -0.2) is 18.1 Å². The van der Waals surface area contributed by atoms with Crippen LogP contribution in [-0.2, 0) is 0 Å². The molecule has 4 nitrogen and oxygen atoms in total. The van der Waals surface area contributed by atoms with Crippen LogP contribution in [0.4, 0.5) is 11.5 Å². The molecule has 1 aliphatic rings. The van der Waals surface area contributed by atoms with Gasteiger partial charge in [-0.1, -0.05) is 12.8 Å². The summed E-state index contributed by atoms with van der Waals surface area (Å²) >= 11 is 0. The zero-order valence-electron chi connectivity index (χ0n) is 9.86. The molecule has 0 saturated heterocycles. The molecule has 1 heterocycles. The fraction of sp³-hybridized carbons (Fsp3) is 0.583. The highest BCUT2D eigenvalue weighted by Gasteiger charge is 2.23. The van der Waals surface area contributed by atoms with Gasteiger partial charge < -0.3 is 15.8 Å². The average molecular weight is 221 g/mol. The number of anilines is 2. The standard InChI is InChI=1S/C12H19N3O/c1-8(7-9-3-4-9)14-11-6-5-10(13)12(15-11)16-2/h5-6,8-9H,3-4,7,13H2,1-2H3,(H,14,15). The molecule has 0 radical (unpaired) electrons. The van der Waals surface area contributed by atoms with Gasteiger partial charge in [-0.25, -0.2) is 0 Å². The van der Waals surface area contributed by atoms with Gasteiger partial charge in [0, 0.05) is 6.04 Å². The van der Waals surface area contributed by atoms with Crippen molar-refractivity contribution in [1.29, 1.82) is 0 Å². The molecule has 1 aromatic heterocycles. The predicted molar refractivity (Wildman–Crippen MR) is 65.6 cm³/mol. The Morgan fingerprint density at radius 2 is 2.31 bits per heavy atom. The quantitative estimate of drug-likeness (QED) is 0.800. The number of hydrogen-bond donors (Lipinski definition) is 2. The first-order valence-electron chi connectivity index (χ1n) is 5.76. The lowest BCUT2D eigenvalue weighted by Crippen LogP contribution is -2.16. The number of methoxy groups -OCH3 is 1. The molecule has 1 unspecified atom stereocenters. The zero-order chi connectivity index (χ0) is 11.5. The number of nitrogens with two attached hydrogens (primary N) is 1. The Bertz CT molecular complexity index is 363. The summed E-state index contributed by atoms with van der Waals surface area (Å²) in [4.78, 5) is 4.30. The van der Waals surface area contributed by atoms with Crippen molar-refractivity contribution < 1.29 is 4.74 Å². The maximum atomic E-state index is 5.71. The molecule has 2 rings (SSSR count). The van der Waals surface area contributed by atoms with Crippen LogP contribution in [0.15, 0.2) is 12.1 Å². The first-order valence-corrected chi connectivity index (χ1v) is 5.76. The van der Waals surface area contributed by atoms with Crippen molar-refractivity contribution in [2.45, 2.75) is 32.2 Å². The summed E-state index contributed by atoms with van der Waals surface area (Å²) in [5.74, 6) is 2.24. The number of nitrogens with zero attached hydrogens (tertiary/aromatic N) is 1. The van der Waals surface area contributed by atoms with Crippen LogP contribution in [0.2, 0.25) is 0 Å². The van der Waals surface area contributed by atoms with E-state index in [4.69, 9.17) is 10.5 Å². The molecule has 88 valence electrons. The number of pyridine rings is 1. The monoisotopic (exact) mass is 221 g/mol. The fourth-order valence-corrected chi connectivity index (χ4v) is 1.86. The van der Waals surface area contributed by atoms with Gasteiger partial charge in [0.2, 0.25) is 5.88 Å². The van der Waals surface area contributed by atoms with Crippen molar-refractivity contribution in [2.75, 3.05) is 18.2 Å². The normalized spacial score (nSPS) is 16.9. The van der Waals surface area contributed by atoms with Gasteiger partial charge in [-0.2, -0.15) is 4.98 Å². The van der Waals surface area contributed by atoms with Gasteiger partial charge in [-0.3, -0.25) is 0 Å². The minimum atomic E-state index is 0.452. The van der Waals surface area contributed by atoms with Gasteiger partial charge in [0.1, 0.15) is 5.82 Å². The van der Waals surface area contributed by atoms with Gasteiger partial charge in [-0.05, 0) is 31.4 Å². The Morgan fingerprint density at radius 3 is 2.94 bits per heavy atom. The highest BCUT2D eigenvalue weighted by molar-refractivity contribution is 5.53. The summed E-state index contributed by atoms with van der Waals surface area (Å²) in [5, 5.41) is 3.37. The third kappa shape index (κ3) is 2.78. The van der Waals surface area contributed by atoms with Gasteiger partial charge in [-0.15, -0.1) is 0 Å². The summed E-state index contributed by atoms with van der Waals surface area (Å²) in [5.41, 5.74) is 6.28. The maximum absolute atomic E-state index is 5.71. The lowest BCUT2D eigenvalue weighted by atomic mass is 10.1. The highest BCUT2D eigenvalue weighted by atomic mass is 16.5. The second-order valence-corrected chi connectivity index (χ2v) is 4.52. The molecule has 1 atom stereocenters. The van der Waals surface area contributed by atoms with Crippen molar-refractivity contribution in [3.63, 3.8) is 0 Å². The van der Waals surface area contributed by atoms with Gasteiger partial charge in [0.25, 0.3) is 0 Å². The summed E-state index contributed by atoms with van der Waals surface area (Å²) in [7, 11) is 1.58. The lowest BCUT2D eigenvalue weighted by Gasteiger charge is -2.14. The number of ether oxygens (including phenoxy) is 1. The van der Waals surface area contributed by atoms with E-state index in [9.17, 15) is 0 Å². The lowest BCUT2D eigenvalue weighted by molar-refractivity contribution is 0.400. The number of hydrogen-bond acceptors (Lipinski definition) is 4. The van der Waals surface area contributed by atoms with Crippen LogP contribution in [0, 0.1) is 5.92 Å². The predicted octanol–water partition coefficient (Wildman–Crippen LogP) is 2.27. The van der Waals surface area contributed by atoms with Crippen LogP contribution in [0.3, 0.4) is 0 Å². The second kappa shape index (κ2) is 4.60. The fourth-order valence-electron chi connectivity index (χ4n) is 1.86. The third-order valence-corrected chi connectivity index (χ3v) is 2.86. The molecule has 0 aromatic carbocycles. The Labute approximate surface area is 96.2 Å². The van der Waals surface area contributed by atoms with Gasteiger partial charge in [0.15, 0.2) is 0 Å². The van der Waals surface area contributed by atoms with E-state index in [0.29, 0.717) is 17.6 Å². The van der Waals surface area contributed by atoms with E-state index in [1.165, 1.54) is 19.3 Å². The van der Waals surface area contributed by atoms with Crippen LogP contribution in [0.1, 0.15) is 26.2 Å². The molecule has 1 saturated carbocycles. The Hall–Kier alpha value is -1.45. The molecule has 1 fully saturated rings. The number of nitrogens with one attached hydrogen (secondary N) is 1. The molecule has 0 amide bonds. The molecular weight excluding hydrogens is 202 g/mol. The molecule has 0 aliphatic heterocycles. The van der Waals surface area contributed by atoms with Crippen LogP contribution < -0.4 is 15.8 Å². The summed E-state index contributed by atoms with van der Waals surface area (Å²) < 4.78 is 5.08. The van der Waals surface area contributed by atoms with E-state index in [-0.39, 0.29) is 0 Å². The van der Waals surface area contributed by atoms with Crippen molar-refractivity contribution in [1.82, 2.24) is 4.98 Å². The van der Waals surface area contributed by atoms with Crippen molar-refractivity contribution in [3.05, 3.63) is 12.1 Å². The van der Waals surface area contributed by atoms with E-state index in [1.54, 1.807) is 7.11 Å². The number of nitrogen functional groups attached to an aromatic ring is 1. The molecule has 16 heavy (non-hydrogen) atoms. The van der Waals surface area contributed by atoms with E-state index in [2.05, 4.69) is 17.2 Å². The van der Waals surface area contributed by atoms with Gasteiger partial charge >= 0.3 is 0 Å². The summed E-state index contributed by atoms with van der Waals surface area (Å²) in [6.07, 6.45) is 3.98. The highest BCUT2D eigenvalue weighted by Crippen LogP contribution is 2.34. The summed E-state index contributed by atoms with van der Waals surface area (Å²) in [6, 6.07) is 4.16. The smallest absolute Gasteiger partial charge is 0.238 e. The van der Waals surface area contributed by atoms with Crippen molar-refractivity contribution in [3.8, 4) is 5.88 Å². The number of aromatic nitrogens is 1. The average Bonchev–Trinajstić information content (AvgIpc) is 3.04. The minimum Gasteiger partial charge on any atom is -0.479 e. The maximum Gasteiger partial charge on any atom is 0.238 e. The first kappa shape index (κ1) is 11.0. The SMILES string of the molecule is COc1nc(NC(C)CC2CC2)ccc1N. The largest absolute Gasteiger partial charge is 0.479 e. The van der Waals surface area contributed by atoms with Crippen molar-refractivity contribution >= 4 is 11.5 Å². The Kier molecular flexibility index (Phi) is 3.17. The van der Waals surface area contributed by atoms with Crippen LogP contribution in [0.25, 0.3) is 0 Å². The molecule has 4 heteroatoms. The molecule has 0 bridgehead atoms. The van der Waals surface area contributed by atoms with Crippen molar-refractivity contribution in [2.24, 2.45) is 5.92 Å². The van der Waals surface area contributed by atoms with E-state index < -0.39 is 0 Å². The van der Waals surface area contributed by atoms with E-state index in [1.807, 2.05) is 12.1 Å². The Morgan fingerprint density at radius 1 is 1.56 bits per heavy atom. The minimum absolute atomic E-state index is 0.452. The zero-order valence-corrected chi connectivity index (χ0v) is 9.86.